The van der Waals surface area contributed by atoms with E-state index in [1.54, 1.807) is 17.4 Å². The second-order valence-electron chi connectivity index (χ2n) is 6.70. The molecular weight excluding hydrogens is 356 g/mol. The Balaban J connectivity index is 1.55. The Kier molecular flexibility index (Phi) is 5.72. The molecular formula is C22H24N2O2S. The summed E-state index contributed by atoms with van der Waals surface area (Å²) in [6, 6.07) is 20.1. The molecule has 3 aromatic rings. The Morgan fingerprint density at radius 2 is 1.85 bits per heavy atom. The van der Waals surface area contributed by atoms with Gasteiger partial charge in [0.1, 0.15) is 18.1 Å². The largest absolute Gasteiger partial charge is 0.507 e. The Morgan fingerprint density at radius 1 is 1.04 bits per heavy atom. The monoisotopic (exact) mass is 380 g/mol. The fourth-order valence-corrected chi connectivity index (χ4v) is 4.38. The minimum absolute atomic E-state index is 0.0790. The van der Waals surface area contributed by atoms with Crippen LogP contribution < -0.4 is 10.1 Å². The summed E-state index contributed by atoms with van der Waals surface area (Å²) in [6.45, 7) is 4.37. The number of hydrogen-bond donors (Lipinski definition) is 2. The first-order valence-electron chi connectivity index (χ1n) is 9.29. The molecule has 0 aliphatic carbocycles. The molecule has 1 aliphatic heterocycles. The Labute approximate surface area is 164 Å². The van der Waals surface area contributed by atoms with Crippen molar-refractivity contribution in [3.63, 3.8) is 0 Å². The molecule has 2 aromatic carbocycles. The number of benzene rings is 2. The van der Waals surface area contributed by atoms with Crippen LogP contribution in [0.4, 0.5) is 0 Å². The van der Waals surface area contributed by atoms with Gasteiger partial charge in [0.2, 0.25) is 0 Å². The van der Waals surface area contributed by atoms with Crippen molar-refractivity contribution in [2.75, 3.05) is 26.2 Å². The van der Waals surface area contributed by atoms with Crippen LogP contribution in [-0.4, -0.2) is 36.2 Å². The summed E-state index contributed by atoms with van der Waals surface area (Å²) in [5.41, 5.74) is 2.05. The van der Waals surface area contributed by atoms with E-state index >= 15 is 0 Å². The minimum atomic E-state index is 0.0790. The third kappa shape index (κ3) is 4.33. The number of piperazine rings is 1. The zero-order valence-electron chi connectivity index (χ0n) is 15.2. The van der Waals surface area contributed by atoms with E-state index in [2.05, 4.69) is 27.7 Å². The van der Waals surface area contributed by atoms with E-state index in [0.29, 0.717) is 12.4 Å². The summed E-state index contributed by atoms with van der Waals surface area (Å²) < 4.78 is 5.86. The summed E-state index contributed by atoms with van der Waals surface area (Å²) in [5, 5.41) is 16.3. The van der Waals surface area contributed by atoms with Gasteiger partial charge in [-0.3, -0.25) is 4.90 Å². The predicted molar refractivity (Wildman–Crippen MR) is 109 cm³/mol. The normalized spacial score (nSPS) is 16.1. The van der Waals surface area contributed by atoms with E-state index in [1.807, 2.05) is 42.5 Å². The number of ether oxygens (including phenoxy) is 1. The lowest BCUT2D eigenvalue weighted by Crippen LogP contribution is -2.45. The molecule has 0 bridgehead atoms. The fourth-order valence-electron chi connectivity index (χ4n) is 3.50. The first-order valence-corrected chi connectivity index (χ1v) is 10.2. The Bertz CT molecular complexity index is 846. The van der Waals surface area contributed by atoms with Crippen molar-refractivity contribution in [1.82, 2.24) is 10.2 Å². The van der Waals surface area contributed by atoms with Crippen molar-refractivity contribution in [2.45, 2.75) is 12.6 Å². The molecule has 27 heavy (non-hydrogen) atoms. The highest BCUT2D eigenvalue weighted by atomic mass is 32.1. The molecule has 2 N–H and O–H groups in total. The van der Waals surface area contributed by atoms with E-state index in [4.69, 9.17) is 4.74 Å². The number of aromatic hydroxyl groups is 1. The topological polar surface area (TPSA) is 44.7 Å². The lowest BCUT2D eigenvalue weighted by atomic mass is 10.0. The van der Waals surface area contributed by atoms with Gasteiger partial charge >= 0.3 is 0 Å². The summed E-state index contributed by atoms with van der Waals surface area (Å²) in [5.74, 6) is 0.975. The van der Waals surface area contributed by atoms with Gasteiger partial charge in [-0.15, -0.1) is 11.3 Å². The Morgan fingerprint density at radius 3 is 2.56 bits per heavy atom. The molecule has 0 radical (unpaired) electrons. The van der Waals surface area contributed by atoms with Crippen LogP contribution in [0.1, 0.15) is 22.0 Å². The van der Waals surface area contributed by atoms with Crippen LogP contribution in [0.15, 0.2) is 66.0 Å². The second kappa shape index (κ2) is 8.57. The molecule has 1 fully saturated rings. The van der Waals surface area contributed by atoms with Crippen LogP contribution in [-0.2, 0) is 6.61 Å². The van der Waals surface area contributed by atoms with Gasteiger partial charge in [0.05, 0.1) is 6.04 Å². The van der Waals surface area contributed by atoms with Crippen LogP contribution in [0.25, 0.3) is 0 Å². The average molecular weight is 381 g/mol. The molecule has 140 valence electrons. The number of nitrogens with zero attached hydrogens (tertiary/aromatic N) is 1. The third-order valence-corrected chi connectivity index (χ3v) is 5.80. The van der Waals surface area contributed by atoms with Crippen LogP contribution in [0.5, 0.6) is 11.5 Å². The summed E-state index contributed by atoms with van der Waals surface area (Å²) in [7, 11) is 0. The number of hydrogen-bond acceptors (Lipinski definition) is 5. The second-order valence-corrected chi connectivity index (χ2v) is 7.68. The van der Waals surface area contributed by atoms with E-state index in [9.17, 15) is 5.11 Å². The number of nitrogens with one attached hydrogen (secondary N) is 1. The number of thiophene rings is 1. The molecule has 2 heterocycles. The first-order chi connectivity index (χ1) is 13.3. The highest BCUT2D eigenvalue weighted by Gasteiger charge is 2.27. The molecule has 0 amide bonds. The molecule has 4 nitrogen and oxygen atoms in total. The van der Waals surface area contributed by atoms with Crippen LogP contribution in [0, 0.1) is 0 Å². The molecule has 0 spiro atoms. The van der Waals surface area contributed by atoms with Crippen molar-refractivity contribution in [2.24, 2.45) is 0 Å². The molecule has 0 unspecified atom stereocenters. The van der Waals surface area contributed by atoms with Gasteiger partial charge in [-0.25, -0.2) is 0 Å². The number of rotatable bonds is 6. The lowest BCUT2D eigenvalue weighted by molar-refractivity contribution is 0.198. The molecule has 5 heteroatoms. The van der Waals surface area contributed by atoms with Crippen LogP contribution >= 0.6 is 11.3 Å². The highest BCUT2D eigenvalue weighted by Crippen LogP contribution is 2.38. The van der Waals surface area contributed by atoms with Gasteiger partial charge in [-0.2, -0.15) is 0 Å². The fraction of sp³-hybridized carbons (Fsp3) is 0.273. The average Bonchev–Trinajstić information content (AvgIpc) is 3.24. The first kappa shape index (κ1) is 18.0. The molecule has 1 aliphatic rings. The quantitative estimate of drug-likeness (QED) is 0.678. The standard InChI is InChI=1S/C22H24N2O2S/c25-20-15-18(26-16-17-5-2-1-3-6-17)8-9-19(20)22(21-7-4-14-27-21)24-12-10-23-11-13-24/h1-9,14-15,22-23,25H,10-13,16H2/t22-/m0/s1. The van der Waals surface area contributed by atoms with Crippen molar-refractivity contribution >= 4 is 11.3 Å². The molecule has 1 aromatic heterocycles. The predicted octanol–water partition coefficient (Wildman–Crippen LogP) is 4.03. The van der Waals surface area contributed by atoms with Crippen molar-refractivity contribution < 1.29 is 9.84 Å². The van der Waals surface area contributed by atoms with Gasteiger partial charge in [0.15, 0.2) is 0 Å². The minimum Gasteiger partial charge on any atom is -0.507 e. The summed E-state index contributed by atoms with van der Waals surface area (Å²) >= 11 is 1.74. The van der Waals surface area contributed by atoms with Crippen molar-refractivity contribution in [1.29, 1.82) is 0 Å². The van der Waals surface area contributed by atoms with Crippen LogP contribution in [0.3, 0.4) is 0 Å². The van der Waals surface area contributed by atoms with Gasteiger partial charge in [-0.1, -0.05) is 36.4 Å². The van der Waals surface area contributed by atoms with Crippen molar-refractivity contribution in [3.8, 4) is 11.5 Å². The molecule has 1 saturated heterocycles. The lowest BCUT2D eigenvalue weighted by Gasteiger charge is -2.35. The smallest absolute Gasteiger partial charge is 0.124 e. The molecule has 0 saturated carbocycles. The van der Waals surface area contributed by atoms with E-state index in [-0.39, 0.29) is 11.8 Å². The summed E-state index contributed by atoms with van der Waals surface area (Å²) in [4.78, 5) is 3.69. The van der Waals surface area contributed by atoms with Crippen molar-refractivity contribution in [3.05, 3.63) is 82.0 Å². The summed E-state index contributed by atoms with van der Waals surface area (Å²) in [6.07, 6.45) is 0. The Hall–Kier alpha value is -2.34. The van der Waals surface area contributed by atoms with E-state index < -0.39 is 0 Å². The maximum atomic E-state index is 10.8. The van der Waals surface area contributed by atoms with Crippen LogP contribution in [0.2, 0.25) is 0 Å². The van der Waals surface area contributed by atoms with Gasteiger partial charge in [-0.05, 0) is 29.1 Å². The van der Waals surface area contributed by atoms with E-state index in [1.165, 1.54) is 4.88 Å². The van der Waals surface area contributed by atoms with Gasteiger partial charge in [0, 0.05) is 42.7 Å². The number of phenols is 1. The molecule has 1 atom stereocenters. The van der Waals surface area contributed by atoms with Gasteiger partial charge < -0.3 is 15.2 Å². The number of phenolic OH excluding ortho intramolecular Hbond substituents is 1. The SMILES string of the molecule is Oc1cc(OCc2ccccc2)ccc1[C@@H](c1cccs1)N1CCNCC1. The maximum Gasteiger partial charge on any atom is 0.124 e. The third-order valence-electron chi connectivity index (χ3n) is 4.87. The van der Waals surface area contributed by atoms with E-state index in [0.717, 1.165) is 37.3 Å². The zero-order valence-corrected chi connectivity index (χ0v) is 16.0. The maximum absolute atomic E-state index is 10.8. The molecule has 4 rings (SSSR count). The van der Waals surface area contributed by atoms with Gasteiger partial charge in [0.25, 0.3) is 0 Å². The highest BCUT2D eigenvalue weighted by molar-refractivity contribution is 7.10. The zero-order chi connectivity index (χ0) is 18.5.